The number of rotatable bonds is 2. The molecule has 4 heteroatoms. The number of aliphatic hydroxyl groups is 1. The number of aromatic hydroxyl groups is 1. The Hall–Kier alpha value is -0.770. The number of hydrogen-bond donors (Lipinski definition) is 3. The molecule has 13 heavy (non-hydrogen) atoms. The van der Waals surface area contributed by atoms with Gasteiger partial charge < -0.3 is 15.9 Å². The highest BCUT2D eigenvalue weighted by molar-refractivity contribution is 6.32. The topological polar surface area (TPSA) is 66.5 Å². The molecule has 1 rings (SSSR count). The number of para-hydroxylation sites is 1. The summed E-state index contributed by atoms with van der Waals surface area (Å²) >= 11 is 5.68. The molecule has 72 valence electrons. The van der Waals surface area contributed by atoms with Crippen molar-refractivity contribution in [3.8, 4) is 5.75 Å². The van der Waals surface area contributed by atoms with Gasteiger partial charge in [0.1, 0.15) is 5.75 Å². The lowest BCUT2D eigenvalue weighted by atomic mass is 10.0. The third kappa shape index (κ3) is 2.12. The van der Waals surface area contributed by atoms with Crippen molar-refractivity contribution < 1.29 is 10.2 Å². The number of phenolic OH excluding ortho intramolecular Hbond substituents is 1. The van der Waals surface area contributed by atoms with E-state index in [-0.39, 0.29) is 10.8 Å². The van der Waals surface area contributed by atoms with Crippen molar-refractivity contribution in [1.82, 2.24) is 0 Å². The Morgan fingerprint density at radius 1 is 1.46 bits per heavy atom. The predicted molar refractivity (Wildman–Crippen MR) is 51.7 cm³/mol. The molecule has 0 saturated carbocycles. The van der Waals surface area contributed by atoms with Gasteiger partial charge in [0.2, 0.25) is 0 Å². The highest BCUT2D eigenvalue weighted by Gasteiger charge is 2.16. The fourth-order valence-corrected chi connectivity index (χ4v) is 1.24. The second kappa shape index (κ2) is 3.96. The van der Waals surface area contributed by atoms with Crippen LogP contribution in [0, 0.1) is 0 Å². The minimum Gasteiger partial charge on any atom is -0.506 e. The molecule has 0 saturated heterocycles. The molecule has 0 unspecified atom stereocenters. The summed E-state index contributed by atoms with van der Waals surface area (Å²) in [6, 6.07) is 4.27. The number of hydrogen-bond acceptors (Lipinski definition) is 3. The molecule has 1 aromatic rings. The van der Waals surface area contributed by atoms with Crippen LogP contribution in [0.3, 0.4) is 0 Å². The van der Waals surface area contributed by atoms with Gasteiger partial charge in [0.25, 0.3) is 0 Å². The minimum absolute atomic E-state index is 0.0578. The monoisotopic (exact) mass is 201 g/mol. The Kier molecular flexibility index (Phi) is 3.14. The predicted octanol–water partition coefficient (Wildman–Crippen LogP) is 1.43. The van der Waals surface area contributed by atoms with E-state index in [1.54, 1.807) is 25.1 Å². The Bertz CT molecular complexity index is 302. The highest BCUT2D eigenvalue weighted by Crippen LogP contribution is 2.31. The summed E-state index contributed by atoms with van der Waals surface area (Å²) in [5.74, 6) is -0.0578. The number of phenols is 1. The lowest BCUT2D eigenvalue weighted by Crippen LogP contribution is -2.23. The first kappa shape index (κ1) is 10.3. The van der Waals surface area contributed by atoms with Crippen LogP contribution in [-0.2, 0) is 0 Å². The fourth-order valence-electron chi connectivity index (χ4n) is 1.06. The van der Waals surface area contributed by atoms with Crippen molar-refractivity contribution in [3.63, 3.8) is 0 Å². The van der Waals surface area contributed by atoms with Crippen LogP contribution in [0.4, 0.5) is 0 Å². The van der Waals surface area contributed by atoms with Gasteiger partial charge in [-0.3, -0.25) is 0 Å². The Morgan fingerprint density at radius 2 is 2.08 bits per heavy atom. The zero-order valence-electron chi connectivity index (χ0n) is 7.24. The van der Waals surface area contributed by atoms with Crippen molar-refractivity contribution in [2.24, 2.45) is 5.73 Å². The second-order valence-electron chi connectivity index (χ2n) is 2.94. The second-order valence-corrected chi connectivity index (χ2v) is 3.35. The van der Waals surface area contributed by atoms with Gasteiger partial charge in [0.05, 0.1) is 17.2 Å². The van der Waals surface area contributed by atoms with E-state index in [4.69, 9.17) is 17.3 Å². The summed E-state index contributed by atoms with van der Waals surface area (Å²) in [7, 11) is 0. The lowest BCUT2D eigenvalue weighted by molar-refractivity contribution is 0.163. The van der Waals surface area contributed by atoms with E-state index in [9.17, 15) is 10.2 Å². The van der Waals surface area contributed by atoms with Crippen LogP contribution >= 0.6 is 11.6 Å². The van der Waals surface area contributed by atoms with Crippen molar-refractivity contribution in [2.45, 2.75) is 19.1 Å². The first-order valence-electron chi connectivity index (χ1n) is 3.95. The molecule has 0 amide bonds. The van der Waals surface area contributed by atoms with Crippen LogP contribution in [0.1, 0.15) is 18.5 Å². The molecule has 0 aliphatic carbocycles. The zero-order chi connectivity index (χ0) is 10.0. The van der Waals surface area contributed by atoms with Gasteiger partial charge in [-0.05, 0) is 13.0 Å². The summed E-state index contributed by atoms with van der Waals surface area (Å²) in [4.78, 5) is 0. The van der Waals surface area contributed by atoms with E-state index in [1.165, 1.54) is 0 Å². The van der Waals surface area contributed by atoms with Crippen LogP contribution in [0.2, 0.25) is 5.02 Å². The summed E-state index contributed by atoms with van der Waals surface area (Å²) < 4.78 is 0. The lowest BCUT2D eigenvalue weighted by Gasteiger charge is -2.16. The summed E-state index contributed by atoms with van der Waals surface area (Å²) in [5, 5.41) is 18.9. The molecular formula is C9H12ClNO2. The number of halogens is 1. The van der Waals surface area contributed by atoms with Gasteiger partial charge in [0.15, 0.2) is 0 Å². The molecule has 0 fully saturated rings. The molecule has 0 radical (unpaired) electrons. The van der Waals surface area contributed by atoms with Gasteiger partial charge in [0, 0.05) is 5.56 Å². The quantitative estimate of drug-likeness (QED) is 0.678. The Balaban J connectivity index is 3.07. The van der Waals surface area contributed by atoms with Gasteiger partial charge in [-0.15, -0.1) is 0 Å². The number of benzene rings is 1. The molecule has 3 nitrogen and oxygen atoms in total. The van der Waals surface area contributed by atoms with Crippen molar-refractivity contribution >= 4 is 11.6 Å². The molecule has 0 aromatic heterocycles. The summed E-state index contributed by atoms with van der Waals surface area (Å²) in [5.41, 5.74) is 6.10. The van der Waals surface area contributed by atoms with Gasteiger partial charge in [-0.1, -0.05) is 23.7 Å². The van der Waals surface area contributed by atoms with E-state index < -0.39 is 12.1 Å². The van der Waals surface area contributed by atoms with Crippen LogP contribution < -0.4 is 5.73 Å². The van der Waals surface area contributed by atoms with Crippen LogP contribution in [0.15, 0.2) is 18.2 Å². The number of nitrogens with two attached hydrogens (primary N) is 1. The van der Waals surface area contributed by atoms with Gasteiger partial charge in [-0.2, -0.15) is 0 Å². The van der Waals surface area contributed by atoms with Crippen LogP contribution in [0.25, 0.3) is 0 Å². The fraction of sp³-hybridized carbons (Fsp3) is 0.333. The van der Waals surface area contributed by atoms with E-state index in [0.29, 0.717) is 5.56 Å². The van der Waals surface area contributed by atoms with Gasteiger partial charge in [-0.25, -0.2) is 0 Å². The average molecular weight is 202 g/mol. The SMILES string of the molecule is C[C@@H](O)[C@H](N)c1cccc(Cl)c1O. The number of aliphatic hydroxyl groups excluding tert-OH is 1. The molecule has 0 spiro atoms. The van der Waals surface area contributed by atoms with Crippen LogP contribution in [0.5, 0.6) is 5.75 Å². The van der Waals surface area contributed by atoms with E-state index >= 15 is 0 Å². The van der Waals surface area contributed by atoms with Gasteiger partial charge >= 0.3 is 0 Å². The van der Waals surface area contributed by atoms with Crippen molar-refractivity contribution in [1.29, 1.82) is 0 Å². The first-order chi connectivity index (χ1) is 6.04. The van der Waals surface area contributed by atoms with E-state index in [1.807, 2.05) is 0 Å². The summed E-state index contributed by atoms with van der Waals surface area (Å²) in [6.45, 7) is 1.56. The normalized spacial score (nSPS) is 15.4. The highest BCUT2D eigenvalue weighted by atomic mass is 35.5. The third-order valence-electron chi connectivity index (χ3n) is 1.90. The van der Waals surface area contributed by atoms with E-state index in [2.05, 4.69) is 0 Å². The largest absolute Gasteiger partial charge is 0.506 e. The molecule has 4 N–H and O–H groups in total. The Morgan fingerprint density at radius 3 is 2.62 bits per heavy atom. The summed E-state index contributed by atoms with van der Waals surface area (Å²) in [6.07, 6.45) is -0.718. The molecule has 0 aliphatic heterocycles. The molecule has 2 atom stereocenters. The van der Waals surface area contributed by atoms with Crippen molar-refractivity contribution in [2.75, 3.05) is 0 Å². The van der Waals surface area contributed by atoms with E-state index in [0.717, 1.165) is 0 Å². The molecule has 0 aliphatic rings. The minimum atomic E-state index is -0.718. The maximum atomic E-state index is 9.49. The Labute approximate surface area is 81.8 Å². The van der Waals surface area contributed by atoms with Crippen molar-refractivity contribution in [3.05, 3.63) is 28.8 Å². The van der Waals surface area contributed by atoms with Crippen LogP contribution in [-0.4, -0.2) is 16.3 Å². The standard InChI is InChI=1S/C9H12ClNO2/c1-5(12)8(11)6-3-2-4-7(10)9(6)13/h2-5,8,12-13H,11H2,1H3/t5-,8+/m1/s1. The molecule has 0 bridgehead atoms. The molecular weight excluding hydrogens is 190 g/mol. The molecule has 1 aromatic carbocycles. The maximum Gasteiger partial charge on any atom is 0.139 e. The first-order valence-corrected chi connectivity index (χ1v) is 4.33. The molecule has 0 heterocycles. The smallest absolute Gasteiger partial charge is 0.139 e. The average Bonchev–Trinajstić information content (AvgIpc) is 2.08. The maximum absolute atomic E-state index is 9.49. The third-order valence-corrected chi connectivity index (χ3v) is 2.20. The zero-order valence-corrected chi connectivity index (χ0v) is 7.99.